The van der Waals surface area contributed by atoms with Gasteiger partial charge in [0.25, 0.3) is 0 Å². The summed E-state index contributed by atoms with van der Waals surface area (Å²) in [4.78, 5) is 11.4. The predicted molar refractivity (Wildman–Crippen MR) is 70.0 cm³/mol. The molecule has 5 nitrogen and oxygen atoms in total. The van der Waals surface area contributed by atoms with Crippen molar-refractivity contribution in [2.45, 2.75) is 58.5 Å². The molecule has 0 bridgehead atoms. The molecule has 0 atom stereocenters. The highest BCUT2D eigenvalue weighted by molar-refractivity contribution is 5.66. The maximum Gasteiger partial charge on any atom is 0.422 e. The van der Waals surface area contributed by atoms with E-state index in [1.54, 1.807) is 0 Å². The fourth-order valence-electron chi connectivity index (χ4n) is 2.30. The van der Waals surface area contributed by atoms with Crippen molar-refractivity contribution in [1.82, 2.24) is 10.9 Å². The van der Waals surface area contributed by atoms with Crippen LogP contribution in [0.3, 0.4) is 0 Å². The zero-order chi connectivity index (χ0) is 13.6. The second-order valence-corrected chi connectivity index (χ2v) is 6.20. The van der Waals surface area contributed by atoms with Crippen LogP contribution in [0.5, 0.6) is 0 Å². The Bertz CT molecular complexity index is 268. The molecule has 1 saturated carbocycles. The van der Waals surface area contributed by atoms with Gasteiger partial charge >= 0.3 is 6.09 Å². The Morgan fingerprint density at radius 1 is 1.28 bits per heavy atom. The van der Waals surface area contributed by atoms with Gasteiger partial charge in [-0.15, -0.1) is 0 Å². The van der Waals surface area contributed by atoms with Gasteiger partial charge in [0.15, 0.2) is 0 Å². The minimum Gasteiger partial charge on any atom is -0.443 e. The van der Waals surface area contributed by atoms with Crippen LogP contribution in [-0.4, -0.2) is 30.0 Å². The van der Waals surface area contributed by atoms with E-state index in [2.05, 4.69) is 10.9 Å². The van der Waals surface area contributed by atoms with Gasteiger partial charge in [0.05, 0.1) is 0 Å². The van der Waals surface area contributed by atoms with Crippen molar-refractivity contribution < 1.29 is 14.6 Å². The first-order chi connectivity index (χ1) is 8.37. The second-order valence-electron chi connectivity index (χ2n) is 6.20. The Morgan fingerprint density at radius 2 is 1.89 bits per heavy atom. The second kappa shape index (κ2) is 6.38. The Kier molecular flexibility index (Phi) is 5.41. The SMILES string of the molecule is CC(C)(C)OC(=O)NNCC1(CO)CCCCC1. The summed E-state index contributed by atoms with van der Waals surface area (Å²) in [6.45, 7) is 6.22. The lowest BCUT2D eigenvalue weighted by Crippen LogP contribution is -2.48. The maximum absolute atomic E-state index is 11.4. The maximum atomic E-state index is 11.4. The van der Waals surface area contributed by atoms with Crippen LogP contribution in [0, 0.1) is 5.41 Å². The average molecular weight is 258 g/mol. The summed E-state index contributed by atoms with van der Waals surface area (Å²) in [5.41, 5.74) is 4.82. The molecule has 0 aromatic carbocycles. The molecule has 1 aliphatic carbocycles. The lowest BCUT2D eigenvalue weighted by molar-refractivity contribution is 0.0436. The van der Waals surface area contributed by atoms with E-state index in [0.29, 0.717) is 6.54 Å². The lowest BCUT2D eigenvalue weighted by Gasteiger charge is -2.35. The molecular formula is C13H26N2O3. The van der Waals surface area contributed by atoms with Crippen LogP contribution in [-0.2, 0) is 4.74 Å². The van der Waals surface area contributed by atoms with E-state index in [1.807, 2.05) is 20.8 Å². The van der Waals surface area contributed by atoms with Crippen LogP contribution in [0.1, 0.15) is 52.9 Å². The Balaban J connectivity index is 2.29. The average Bonchev–Trinajstić information content (AvgIpc) is 2.28. The first-order valence-electron chi connectivity index (χ1n) is 6.70. The molecule has 5 heteroatoms. The number of amides is 1. The van der Waals surface area contributed by atoms with Crippen LogP contribution in [0.25, 0.3) is 0 Å². The monoisotopic (exact) mass is 258 g/mol. The molecule has 0 aromatic heterocycles. The topological polar surface area (TPSA) is 70.6 Å². The standard InChI is InChI=1S/C13H26N2O3/c1-12(2,3)18-11(17)15-14-9-13(10-16)7-5-4-6-8-13/h14,16H,4-10H2,1-3H3,(H,15,17). The van der Waals surface area contributed by atoms with E-state index < -0.39 is 11.7 Å². The smallest absolute Gasteiger partial charge is 0.422 e. The number of nitrogens with one attached hydrogen (secondary N) is 2. The first kappa shape index (κ1) is 15.2. The van der Waals surface area contributed by atoms with Crippen molar-refractivity contribution in [2.75, 3.05) is 13.2 Å². The van der Waals surface area contributed by atoms with Crippen molar-refractivity contribution in [3.8, 4) is 0 Å². The zero-order valence-electron chi connectivity index (χ0n) is 11.7. The van der Waals surface area contributed by atoms with Crippen LogP contribution in [0.2, 0.25) is 0 Å². The number of hydrogen-bond donors (Lipinski definition) is 3. The molecule has 3 N–H and O–H groups in total. The molecule has 1 fully saturated rings. The quantitative estimate of drug-likeness (QED) is 0.674. The van der Waals surface area contributed by atoms with Gasteiger partial charge in [-0.1, -0.05) is 19.3 Å². The van der Waals surface area contributed by atoms with Gasteiger partial charge in [0, 0.05) is 18.6 Å². The molecule has 18 heavy (non-hydrogen) atoms. The summed E-state index contributed by atoms with van der Waals surface area (Å²) in [5.74, 6) is 0. The molecule has 0 aliphatic heterocycles. The summed E-state index contributed by atoms with van der Waals surface area (Å²) >= 11 is 0. The van der Waals surface area contributed by atoms with Crippen molar-refractivity contribution >= 4 is 6.09 Å². The molecule has 0 radical (unpaired) electrons. The van der Waals surface area contributed by atoms with E-state index in [-0.39, 0.29) is 12.0 Å². The summed E-state index contributed by atoms with van der Waals surface area (Å²) in [6, 6.07) is 0. The number of carbonyl (C=O) groups excluding carboxylic acids is 1. The number of aliphatic hydroxyl groups excluding tert-OH is 1. The number of carbonyl (C=O) groups is 1. The summed E-state index contributed by atoms with van der Waals surface area (Å²) in [7, 11) is 0. The first-order valence-corrected chi connectivity index (χ1v) is 6.70. The minimum atomic E-state index is -0.495. The summed E-state index contributed by atoms with van der Waals surface area (Å²) < 4.78 is 5.12. The van der Waals surface area contributed by atoms with Crippen molar-refractivity contribution in [2.24, 2.45) is 5.41 Å². The van der Waals surface area contributed by atoms with Gasteiger partial charge in [0.2, 0.25) is 0 Å². The summed E-state index contributed by atoms with van der Waals surface area (Å²) in [6.07, 6.45) is 5.07. The third kappa shape index (κ3) is 5.23. The fraction of sp³-hybridized carbons (Fsp3) is 0.923. The largest absolute Gasteiger partial charge is 0.443 e. The molecular weight excluding hydrogens is 232 g/mol. The molecule has 0 heterocycles. The lowest BCUT2D eigenvalue weighted by atomic mass is 9.75. The van der Waals surface area contributed by atoms with E-state index >= 15 is 0 Å². The molecule has 106 valence electrons. The van der Waals surface area contributed by atoms with Crippen LogP contribution < -0.4 is 10.9 Å². The number of aliphatic hydroxyl groups is 1. The van der Waals surface area contributed by atoms with Crippen LogP contribution in [0.15, 0.2) is 0 Å². The highest BCUT2D eigenvalue weighted by Crippen LogP contribution is 2.34. The Morgan fingerprint density at radius 3 is 2.39 bits per heavy atom. The van der Waals surface area contributed by atoms with Gasteiger partial charge in [-0.25, -0.2) is 10.2 Å². The van der Waals surface area contributed by atoms with E-state index in [4.69, 9.17) is 4.74 Å². The van der Waals surface area contributed by atoms with Crippen LogP contribution in [0.4, 0.5) is 4.79 Å². The molecule has 0 unspecified atom stereocenters. The minimum absolute atomic E-state index is 0.0900. The van der Waals surface area contributed by atoms with Gasteiger partial charge < -0.3 is 9.84 Å². The number of rotatable bonds is 4. The molecule has 0 spiro atoms. The van der Waals surface area contributed by atoms with Gasteiger partial charge in [-0.3, -0.25) is 5.43 Å². The number of hydrogen-bond acceptors (Lipinski definition) is 4. The third-order valence-corrected chi connectivity index (χ3v) is 3.30. The van der Waals surface area contributed by atoms with E-state index in [9.17, 15) is 9.90 Å². The number of hydrazine groups is 1. The van der Waals surface area contributed by atoms with Crippen LogP contribution >= 0.6 is 0 Å². The van der Waals surface area contributed by atoms with Crippen molar-refractivity contribution in [3.05, 3.63) is 0 Å². The zero-order valence-corrected chi connectivity index (χ0v) is 11.7. The van der Waals surface area contributed by atoms with E-state index in [0.717, 1.165) is 25.7 Å². The van der Waals surface area contributed by atoms with Crippen molar-refractivity contribution in [1.29, 1.82) is 0 Å². The van der Waals surface area contributed by atoms with Gasteiger partial charge in [-0.05, 0) is 33.6 Å². The highest BCUT2D eigenvalue weighted by atomic mass is 16.6. The summed E-state index contributed by atoms with van der Waals surface area (Å²) in [5, 5.41) is 9.51. The molecule has 0 saturated heterocycles. The highest BCUT2D eigenvalue weighted by Gasteiger charge is 2.31. The normalized spacial score (nSPS) is 19.3. The molecule has 1 amide bonds. The number of ether oxygens (including phenoxy) is 1. The Labute approximate surface area is 109 Å². The third-order valence-electron chi connectivity index (χ3n) is 3.30. The fourth-order valence-corrected chi connectivity index (χ4v) is 2.30. The Hall–Kier alpha value is -0.810. The van der Waals surface area contributed by atoms with Gasteiger partial charge in [-0.2, -0.15) is 0 Å². The molecule has 1 aliphatic rings. The van der Waals surface area contributed by atoms with E-state index in [1.165, 1.54) is 6.42 Å². The van der Waals surface area contributed by atoms with Gasteiger partial charge in [0.1, 0.15) is 5.60 Å². The molecule has 0 aromatic rings. The van der Waals surface area contributed by atoms with Crippen molar-refractivity contribution in [3.63, 3.8) is 0 Å². The predicted octanol–water partition coefficient (Wildman–Crippen LogP) is 1.96. The molecule has 1 rings (SSSR count).